The topological polar surface area (TPSA) is 34.9 Å². The lowest BCUT2D eigenvalue weighted by atomic mass is 10.1. The predicted molar refractivity (Wildman–Crippen MR) is 60.3 cm³/mol. The number of rotatable bonds is 2. The normalized spacial score (nSPS) is 9.40. The second-order valence-electron chi connectivity index (χ2n) is 3.08. The second-order valence-corrected chi connectivity index (χ2v) is 3.08. The smallest absolute Gasteiger partial charge is 0.210 e. The molecule has 0 amide bonds. The summed E-state index contributed by atoms with van der Waals surface area (Å²) in [4.78, 5) is 15.8. The fourth-order valence-electron chi connectivity index (χ4n) is 1.34. The molecule has 0 atom stereocenters. The summed E-state index contributed by atoms with van der Waals surface area (Å²) in [5.74, 6) is 0.00519. The summed E-state index contributed by atoms with van der Waals surface area (Å²) >= 11 is 0. The van der Waals surface area contributed by atoms with Crippen molar-refractivity contribution in [3.8, 4) is 0 Å². The van der Waals surface area contributed by atoms with E-state index in [9.17, 15) is 4.79 Å². The van der Waals surface area contributed by atoms with E-state index in [1.165, 1.54) is 0 Å². The minimum atomic E-state index is 0. The lowest BCUT2D eigenvalue weighted by Gasteiger charge is -2.01. The largest absolute Gasteiger partial charge is 0.348 e. The van der Waals surface area contributed by atoms with Crippen molar-refractivity contribution in [3.63, 3.8) is 0 Å². The Bertz CT molecular complexity index is 451. The van der Waals surface area contributed by atoms with Crippen molar-refractivity contribution in [3.05, 3.63) is 54.1 Å². The van der Waals surface area contributed by atoms with Crippen molar-refractivity contribution in [2.75, 3.05) is 0 Å². The van der Waals surface area contributed by atoms with Gasteiger partial charge < -0.3 is 4.57 Å². The number of aromatic nitrogens is 2. The average Bonchev–Trinajstić information content (AvgIpc) is 2.65. The van der Waals surface area contributed by atoms with E-state index in [1.807, 2.05) is 19.3 Å². The number of carbonyl (C=O) groups excluding carboxylic acids is 1. The van der Waals surface area contributed by atoms with Crippen LogP contribution in [-0.2, 0) is 7.05 Å². The summed E-state index contributed by atoms with van der Waals surface area (Å²) < 4.78 is 1.80. The first-order valence-corrected chi connectivity index (χ1v) is 4.35. The molecular weight excluding hydrogens is 212 g/mol. The van der Waals surface area contributed by atoms with Crippen molar-refractivity contribution in [2.45, 2.75) is 0 Å². The van der Waals surface area contributed by atoms with Crippen molar-refractivity contribution in [1.29, 1.82) is 0 Å². The number of ketones is 1. The van der Waals surface area contributed by atoms with Crippen LogP contribution >= 0.6 is 12.4 Å². The van der Waals surface area contributed by atoms with Gasteiger partial charge in [-0.2, -0.15) is 0 Å². The van der Waals surface area contributed by atoms with Crippen LogP contribution in [0, 0.1) is 0 Å². The van der Waals surface area contributed by atoms with E-state index < -0.39 is 0 Å². The van der Waals surface area contributed by atoms with Crippen molar-refractivity contribution in [2.24, 2.45) is 7.05 Å². The second kappa shape index (κ2) is 4.75. The molecule has 2 aromatic heterocycles. The summed E-state index contributed by atoms with van der Waals surface area (Å²) in [6.07, 6.45) is 5.08. The molecule has 0 saturated heterocycles. The molecule has 0 saturated carbocycles. The molecule has 2 aromatic rings. The van der Waals surface area contributed by atoms with Gasteiger partial charge in [-0.1, -0.05) is 0 Å². The van der Waals surface area contributed by atoms with Crippen LogP contribution in [0.2, 0.25) is 0 Å². The summed E-state index contributed by atoms with van der Waals surface area (Å²) in [5.41, 5.74) is 1.30. The molecule has 0 spiro atoms. The van der Waals surface area contributed by atoms with Gasteiger partial charge in [0.05, 0.1) is 5.69 Å². The fourth-order valence-corrected chi connectivity index (χ4v) is 1.34. The lowest BCUT2D eigenvalue weighted by molar-refractivity contribution is 0.103. The summed E-state index contributed by atoms with van der Waals surface area (Å²) in [5, 5.41) is 0. The first-order chi connectivity index (χ1) is 6.79. The van der Waals surface area contributed by atoms with E-state index in [0.717, 1.165) is 0 Å². The van der Waals surface area contributed by atoms with Crippen molar-refractivity contribution in [1.82, 2.24) is 9.55 Å². The van der Waals surface area contributed by atoms with Gasteiger partial charge in [0.15, 0.2) is 0 Å². The zero-order chi connectivity index (χ0) is 9.97. The maximum absolute atomic E-state index is 11.9. The Hall–Kier alpha value is -1.61. The Kier molecular flexibility index (Phi) is 3.63. The quantitative estimate of drug-likeness (QED) is 0.730. The molecule has 0 aromatic carbocycles. The van der Waals surface area contributed by atoms with Crippen LogP contribution in [-0.4, -0.2) is 15.3 Å². The zero-order valence-corrected chi connectivity index (χ0v) is 9.07. The van der Waals surface area contributed by atoms with E-state index >= 15 is 0 Å². The highest BCUT2D eigenvalue weighted by Crippen LogP contribution is 2.07. The molecule has 2 heterocycles. The van der Waals surface area contributed by atoms with Crippen molar-refractivity contribution < 1.29 is 4.79 Å². The van der Waals surface area contributed by atoms with Crippen LogP contribution in [0.3, 0.4) is 0 Å². The van der Waals surface area contributed by atoms with Crippen LogP contribution in [0.4, 0.5) is 0 Å². The van der Waals surface area contributed by atoms with E-state index in [2.05, 4.69) is 4.98 Å². The number of aryl methyl sites for hydroxylation is 1. The molecule has 15 heavy (non-hydrogen) atoms. The van der Waals surface area contributed by atoms with E-state index in [1.54, 1.807) is 35.2 Å². The highest BCUT2D eigenvalue weighted by atomic mass is 35.5. The van der Waals surface area contributed by atoms with E-state index in [4.69, 9.17) is 0 Å². The van der Waals surface area contributed by atoms with Gasteiger partial charge in [0.1, 0.15) is 0 Å². The van der Waals surface area contributed by atoms with Gasteiger partial charge in [-0.3, -0.25) is 9.78 Å². The molecule has 4 heteroatoms. The first kappa shape index (κ1) is 11.5. The number of carbonyl (C=O) groups is 1. The minimum Gasteiger partial charge on any atom is -0.348 e. The van der Waals surface area contributed by atoms with Gasteiger partial charge in [0.2, 0.25) is 5.78 Å². The molecule has 0 radical (unpaired) electrons. The Balaban J connectivity index is 0.00000112. The van der Waals surface area contributed by atoms with E-state index in [-0.39, 0.29) is 18.2 Å². The Morgan fingerprint density at radius 1 is 1.33 bits per heavy atom. The van der Waals surface area contributed by atoms with Gasteiger partial charge in [0, 0.05) is 31.2 Å². The number of halogens is 1. The standard InChI is InChI=1S/C11H10N2O.ClH/c1-13-7-3-5-10(13)11(14)9-4-2-6-12-8-9;/h2-8H,1H3;1H. The SMILES string of the molecule is Cl.Cn1cccc1C(=O)c1cccnc1. The summed E-state index contributed by atoms with van der Waals surface area (Å²) in [6, 6.07) is 7.18. The Morgan fingerprint density at radius 2 is 2.13 bits per heavy atom. The van der Waals surface area contributed by atoms with Gasteiger partial charge in [-0.25, -0.2) is 0 Å². The van der Waals surface area contributed by atoms with Gasteiger partial charge >= 0.3 is 0 Å². The third-order valence-corrected chi connectivity index (χ3v) is 2.10. The molecule has 3 nitrogen and oxygen atoms in total. The maximum atomic E-state index is 11.9. The molecule has 2 rings (SSSR count). The third kappa shape index (κ3) is 2.25. The number of hydrogen-bond acceptors (Lipinski definition) is 2. The van der Waals surface area contributed by atoms with Gasteiger partial charge in [-0.15, -0.1) is 12.4 Å². The molecule has 0 unspecified atom stereocenters. The first-order valence-electron chi connectivity index (χ1n) is 4.35. The minimum absolute atomic E-state index is 0. The van der Waals surface area contributed by atoms with Gasteiger partial charge in [-0.05, 0) is 24.3 Å². The molecule has 0 aliphatic rings. The highest BCUT2D eigenvalue weighted by Gasteiger charge is 2.10. The average molecular weight is 223 g/mol. The molecular formula is C11H11ClN2O. The molecule has 0 fully saturated rings. The maximum Gasteiger partial charge on any atom is 0.210 e. The van der Waals surface area contributed by atoms with Crippen LogP contribution in [0.5, 0.6) is 0 Å². The summed E-state index contributed by atoms with van der Waals surface area (Å²) in [7, 11) is 1.85. The van der Waals surface area contributed by atoms with Crippen molar-refractivity contribution >= 4 is 18.2 Å². The van der Waals surface area contributed by atoms with Crippen LogP contribution in [0.25, 0.3) is 0 Å². The third-order valence-electron chi connectivity index (χ3n) is 2.10. The van der Waals surface area contributed by atoms with Crippen LogP contribution < -0.4 is 0 Å². The molecule has 78 valence electrons. The number of pyridine rings is 1. The molecule has 0 aliphatic carbocycles. The van der Waals surface area contributed by atoms with Gasteiger partial charge in [0.25, 0.3) is 0 Å². The highest BCUT2D eigenvalue weighted by molar-refractivity contribution is 6.07. The molecule has 0 aliphatic heterocycles. The van der Waals surface area contributed by atoms with E-state index in [0.29, 0.717) is 11.3 Å². The fraction of sp³-hybridized carbons (Fsp3) is 0.0909. The number of nitrogens with zero attached hydrogens (tertiary/aromatic N) is 2. The zero-order valence-electron chi connectivity index (χ0n) is 8.25. The number of hydrogen-bond donors (Lipinski definition) is 0. The van der Waals surface area contributed by atoms with Crippen LogP contribution in [0.1, 0.15) is 16.1 Å². The Morgan fingerprint density at radius 3 is 2.67 bits per heavy atom. The van der Waals surface area contributed by atoms with Crippen LogP contribution in [0.15, 0.2) is 42.9 Å². The lowest BCUT2D eigenvalue weighted by Crippen LogP contribution is -2.06. The molecule has 0 bridgehead atoms. The monoisotopic (exact) mass is 222 g/mol. The predicted octanol–water partition coefficient (Wildman–Crippen LogP) is 2.07. The Labute approximate surface area is 94.2 Å². The molecule has 0 N–H and O–H groups in total. The summed E-state index contributed by atoms with van der Waals surface area (Å²) in [6.45, 7) is 0.